The van der Waals surface area contributed by atoms with Crippen molar-refractivity contribution in [2.24, 2.45) is 21.9 Å². The molecule has 0 amide bonds. The number of methoxy groups -OCH3 is 1. The summed E-state index contributed by atoms with van der Waals surface area (Å²) in [4.78, 5) is 9.51. The molecule has 1 fully saturated rings. The maximum absolute atomic E-state index is 6.28. The van der Waals surface area contributed by atoms with Gasteiger partial charge in [0.25, 0.3) is 0 Å². The van der Waals surface area contributed by atoms with Crippen LogP contribution in [0.15, 0.2) is 47.4 Å². The normalized spacial score (nSPS) is 17.0. The van der Waals surface area contributed by atoms with Crippen LogP contribution in [-0.2, 0) is 9.47 Å². The summed E-state index contributed by atoms with van der Waals surface area (Å²) < 4.78 is 10.5. The van der Waals surface area contributed by atoms with Crippen molar-refractivity contribution in [2.75, 3.05) is 32.6 Å². The standard InChI is InChI=1S/C25H33N5O2/c1-17-4-7-21(20(14-26)15-29-16-25(2)8-10-32-11-9-25)24(30-17)19-6-5-18(22(27)12-19)13-23(28)31-3/h4-7,12-15H,8-11,16,26-28H2,1-3H3/b20-14+,23-13+,29-15?. The molecule has 1 aromatic heterocycles. The summed E-state index contributed by atoms with van der Waals surface area (Å²) >= 11 is 0. The molecule has 7 heteroatoms. The molecule has 1 aromatic carbocycles. The van der Waals surface area contributed by atoms with Crippen LogP contribution in [0.2, 0.25) is 0 Å². The number of benzene rings is 1. The van der Waals surface area contributed by atoms with Crippen LogP contribution in [0.5, 0.6) is 0 Å². The lowest BCUT2D eigenvalue weighted by Crippen LogP contribution is -2.29. The number of hydrogen-bond donors (Lipinski definition) is 3. The quantitative estimate of drug-likeness (QED) is 0.346. The number of hydrogen-bond acceptors (Lipinski definition) is 7. The fourth-order valence-electron chi connectivity index (χ4n) is 3.66. The van der Waals surface area contributed by atoms with E-state index in [9.17, 15) is 0 Å². The lowest BCUT2D eigenvalue weighted by molar-refractivity contribution is 0.0284. The van der Waals surface area contributed by atoms with Crippen LogP contribution in [0, 0.1) is 12.3 Å². The Balaban J connectivity index is 1.91. The van der Waals surface area contributed by atoms with E-state index in [4.69, 9.17) is 36.7 Å². The first-order chi connectivity index (χ1) is 15.3. The molecule has 2 heterocycles. The van der Waals surface area contributed by atoms with Gasteiger partial charge >= 0.3 is 0 Å². The van der Waals surface area contributed by atoms with Gasteiger partial charge in [0.05, 0.1) is 12.8 Å². The van der Waals surface area contributed by atoms with Gasteiger partial charge in [-0.15, -0.1) is 0 Å². The molecule has 0 bridgehead atoms. The first-order valence-corrected chi connectivity index (χ1v) is 10.7. The van der Waals surface area contributed by atoms with Gasteiger partial charge in [0, 0.05) is 71.9 Å². The Morgan fingerprint density at radius 1 is 1.25 bits per heavy atom. The fourth-order valence-corrected chi connectivity index (χ4v) is 3.66. The molecule has 1 aliphatic heterocycles. The first-order valence-electron chi connectivity index (χ1n) is 10.7. The maximum Gasteiger partial charge on any atom is 0.184 e. The molecule has 0 aliphatic carbocycles. The Morgan fingerprint density at radius 3 is 2.66 bits per heavy atom. The van der Waals surface area contributed by atoms with E-state index in [-0.39, 0.29) is 5.41 Å². The highest BCUT2D eigenvalue weighted by Gasteiger charge is 2.26. The van der Waals surface area contributed by atoms with Crippen molar-refractivity contribution in [1.29, 1.82) is 0 Å². The number of ether oxygens (including phenoxy) is 2. The second-order valence-corrected chi connectivity index (χ2v) is 8.46. The Labute approximate surface area is 190 Å². The molecule has 2 aromatic rings. The minimum Gasteiger partial charge on any atom is -0.483 e. The molecule has 0 spiro atoms. The van der Waals surface area contributed by atoms with Crippen molar-refractivity contribution in [1.82, 2.24) is 4.98 Å². The van der Waals surface area contributed by atoms with E-state index in [1.807, 2.05) is 43.5 Å². The third kappa shape index (κ3) is 5.68. The van der Waals surface area contributed by atoms with Gasteiger partial charge in [0.1, 0.15) is 0 Å². The van der Waals surface area contributed by atoms with E-state index in [1.165, 1.54) is 7.11 Å². The smallest absolute Gasteiger partial charge is 0.184 e. The number of pyridine rings is 1. The second kappa shape index (κ2) is 10.3. The number of aromatic nitrogens is 1. The second-order valence-electron chi connectivity index (χ2n) is 8.46. The van der Waals surface area contributed by atoms with Gasteiger partial charge < -0.3 is 26.7 Å². The highest BCUT2D eigenvalue weighted by Crippen LogP contribution is 2.32. The Kier molecular flexibility index (Phi) is 7.53. The highest BCUT2D eigenvalue weighted by atomic mass is 16.5. The monoisotopic (exact) mass is 435 g/mol. The van der Waals surface area contributed by atoms with Crippen molar-refractivity contribution < 1.29 is 9.47 Å². The molecule has 170 valence electrons. The van der Waals surface area contributed by atoms with Gasteiger partial charge in [0.15, 0.2) is 5.88 Å². The third-order valence-electron chi connectivity index (χ3n) is 5.82. The average Bonchev–Trinajstić information content (AvgIpc) is 2.78. The number of nitrogen functional groups attached to an aromatic ring is 1. The topological polar surface area (TPSA) is 122 Å². The van der Waals surface area contributed by atoms with Crippen LogP contribution in [0.1, 0.15) is 36.6 Å². The van der Waals surface area contributed by atoms with Crippen molar-refractivity contribution in [2.45, 2.75) is 26.7 Å². The molecule has 3 rings (SSSR count). The Bertz CT molecular complexity index is 1040. The summed E-state index contributed by atoms with van der Waals surface area (Å²) in [6, 6.07) is 9.73. The van der Waals surface area contributed by atoms with Crippen LogP contribution in [0.25, 0.3) is 22.9 Å². The molecule has 7 nitrogen and oxygen atoms in total. The predicted molar refractivity (Wildman–Crippen MR) is 132 cm³/mol. The predicted octanol–water partition coefficient (Wildman–Crippen LogP) is 3.73. The zero-order chi connectivity index (χ0) is 23.1. The molecule has 0 atom stereocenters. The summed E-state index contributed by atoms with van der Waals surface area (Å²) in [6.45, 7) is 6.53. The summed E-state index contributed by atoms with van der Waals surface area (Å²) in [5.41, 5.74) is 23.9. The van der Waals surface area contributed by atoms with E-state index < -0.39 is 0 Å². The van der Waals surface area contributed by atoms with Gasteiger partial charge in [0.2, 0.25) is 0 Å². The number of aryl methyl sites for hydroxylation is 1. The minimum absolute atomic E-state index is 0.157. The van der Waals surface area contributed by atoms with Crippen LogP contribution in [0.4, 0.5) is 5.69 Å². The van der Waals surface area contributed by atoms with Gasteiger partial charge in [-0.1, -0.05) is 25.1 Å². The van der Waals surface area contributed by atoms with Gasteiger partial charge in [-0.05, 0) is 37.3 Å². The number of aliphatic imine (C=N–C) groups is 1. The summed E-state index contributed by atoms with van der Waals surface area (Å²) in [6.07, 6.45) is 7.13. The summed E-state index contributed by atoms with van der Waals surface area (Å²) in [5.74, 6) is 0.293. The SMILES string of the molecule is CO/C(N)=C/c1ccc(-c2nc(C)ccc2/C(C=NCC2(C)CCOCC2)=C/N)cc1N. The maximum atomic E-state index is 6.28. The zero-order valence-corrected chi connectivity index (χ0v) is 19.1. The molecule has 0 unspecified atom stereocenters. The summed E-state index contributed by atoms with van der Waals surface area (Å²) in [7, 11) is 1.52. The van der Waals surface area contributed by atoms with Gasteiger partial charge in [-0.3, -0.25) is 9.98 Å². The van der Waals surface area contributed by atoms with Crippen LogP contribution in [-0.4, -0.2) is 38.1 Å². The average molecular weight is 436 g/mol. The van der Waals surface area contributed by atoms with Crippen LogP contribution < -0.4 is 17.2 Å². The van der Waals surface area contributed by atoms with E-state index in [0.29, 0.717) is 11.6 Å². The molecule has 1 aliphatic rings. The van der Waals surface area contributed by atoms with Crippen LogP contribution in [0.3, 0.4) is 0 Å². The van der Waals surface area contributed by atoms with Crippen LogP contribution >= 0.6 is 0 Å². The van der Waals surface area contributed by atoms with Gasteiger partial charge in [-0.2, -0.15) is 0 Å². The molecular formula is C25H33N5O2. The van der Waals surface area contributed by atoms with E-state index in [2.05, 4.69) is 6.92 Å². The van der Waals surface area contributed by atoms with Crippen molar-refractivity contribution >= 4 is 23.6 Å². The minimum atomic E-state index is 0.157. The Morgan fingerprint density at radius 2 is 2.00 bits per heavy atom. The van der Waals surface area contributed by atoms with Crippen molar-refractivity contribution in [3.63, 3.8) is 0 Å². The van der Waals surface area contributed by atoms with Crippen molar-refractivity contribution in [3.8, 4) is 11.3 Å². The van der Waals surface area contributed by atoms with E-state index in [0.717, 1.165) is 66.3 Å². The van der Waals surface area contributed by atoms with Gasteiger partial charge in [-0.25, -0.2) is 0 Å². The molecule has 32 heavy (non-hydrogen) atoms. The summed E-state index contributed by atoms with van der Waals surface area (Å²) in [5, 5.41) is 0. The number of nitrogens with two attached hydrogens (primary N) is 3. The van der Waals surface area contributed by atoms with E-state index >= 15 is 0 Å². The molecular weight excluding hydrogens is 402 g/mol. The lowest BCUT2D eigenvalue weighted by Gasteiger charge is -2.31. The molecule has 6 N–H and O–H groups in total. The largest absolute Gasteiger partial charge is 0.483 e. The zero-order valence-electron chi connectivity index (χ0n) is 19.1. The number of nitrogens with zero attached hydrogens (tertiary/aromatic N) is 2. The molecule has 0 radical (unpaired) electrons. The number of rotatable bonds is 7. The lowest BCUT2D eigenvalue weighted by atomic mass is 9.82. The fraction of sp³-hybridized carbons (Fsp3) is 0.360. The highest BCUT2D eigenvalue weighted by molar-refractivity contribution is 6.11. The molecule has 1 saturated heterocycles. The number of allylic oxidation sites excluding steroid dienone is 1. The van der Waals surface area contributed by atoms with E-state index in [1.54, 1.807) is 12.3 Å². The first kappa shape index (κ1) is 23.3. The molecule has 0 saturated carbocycles. The number of anilines is 1. The third-order valence-corrected chi connectivity index (χ3v) is 5.82. The van der Waals surface area contributed by atoms with Crippen molar-refractivity contribution in [3.05, 3.63) is 59.2 Å². The Hall–Kier alpha value is -3.32.